The molecule has 0 saturated heterocycles. The zero-order chi connectivity index (χ0) is 17.8. The van der Waals surface area contributed by atoms with Crippen LogP contribution in [0, 0.1) is 0 Å². The van der Waals surface area contributed by atoms with Gasteiger partial charge in [0, 0.05) is 38.1 Å². The normalized spacial score (nSPS) is 11.0. The van der Waals surface area contributed by atoms with Gasteiger partial charge in [-0.25, -0.2) is 0 Å². The maximum atomic E-state index is 13.3. The lowest BCUT2D eigenvalue weighted by molar-refractivity contribution is 0.0670. The maximum Gasteiger partial charge on any atom is 0.272 e. The number of benzene rings is 2. The van der Waals surface area contributed by atoms with E-state index in [0.29, 0.717) is 25.4 Å². The van der Waals surface area contributed by atoms with Crippen molar-refractivity contribution < 1.29 is 9.53 Å². The molecule has 0 aliphatic carbocycles. The predicted octanol–water partition coefficient (Wildman–Crippen LogP) is 4.23. The summed E-state index contributed by atoms with van der Waals surface area (Å²) >= 11 is 3.63. The first-order valence-electron chi connectivity index (χ1n) is 8.18. The van der Waals surface area contributed by atoms with E-state index in [1.165, 1.54) is 0 Å². The first kappa shape index (κ1) is 17.7. The summed E-state index contributed by atoms with van der Waals surface area (Å²) < 4.78 is 7.99. The van der Waals surface area contributed by atoms with Crippen LogP contribution in [0.4, 0.5) is 0 Å². The number of para-hydroxylation sites is 1. The Morgan fingerprint density at radius 1 is 1.12 bits per heavy atom. The number of carbonyl (C=O) groups is 1. The number of amides is 1. The number of methoxy groups -OCH3 is 1. The lowest BCUT2D eigenvalue weighted by atomic mass is 10.2. The molecule has 5 heteroatoms. The number of carbonyl (C=O) groups excluding carboxylic acids is 1. The number of nitrogens with zero attached hydrogens (tertiary/aromatic N) is 2. The van der Waals surface area contributed by atoms with Crippen LogP contribution in [0.15, 0.2) is 59.1 Å². The fourth-order valence-corrected chi connectivity index (χ4v) is 3.76. The van der Waals surface area contributed by atoms with Crippen molar-refractivity contribution in [1.29, 1.82) is 0 Å². The molecule has 3 rings (SSSR count). The number of aryl methyl sites for hydroxylation is 1. The summed E-state index contributed by atoms with van der Waals surface area (Å²) in [4.78, 5) is 15.1. The third-order valence-electron chi connectivity index (χ3n) is 4.32. The topological polar surface area (TPSA) is 34.5 Å². The van der Waals surface area contributed by atoms with Crippen molar-refractivity contribution in [3.8, 4) is 0 Å². The average Bonchev–Trinajstić information content (AvgIpc) is 2.90. The van der Waals surface area contributed by atoms with Crippen LogP contribution in [0.5, 0.6) is 0 Å². The van der Waals surface area contributed by atoms with Crippen molar-refractivity contribution in [3.63, 3.8) is 0 Å². The van der Waals surface area contributed by atoms with Crippen molar-refractivity contribution in [1.82, 2.24) is 9.47 Å². The monoisotopic (exact) mass is 400 g/mol. The van der Waals surface area contributed by atoms with E-state index in [4.69, 9.17) is 4.74 Å². The number of hydrogen-bond acceptors (Lipinski definition) is 2. The summed E-state index contributed by atoms with van der Waals surface area (Å²) in [7, 11) is 3.58. The second-order valence-electron chi connectivity index (χ2n) is 5.94. The van der Waals surface area contributed by atoms with Gasteiger partial charge in [-0.3, -0.25) is 4.79 Å². The number of rotatable bonds is 6. The van der Waals surface area contributed by atoms with Crippen LogP contribution in [0.3, 0.4) is 0 Å². The molecule has 0 bridgehead atoms. The summed E-state index contributed by atoms with van der Waals surface area (Å²) in [5, 5.41) is 1.04. The van der Waals surface area contributed by atoms with Gasteiger partial charge in [-0.05, 0) is 27.6 Å². The Morgan fingerprint density at radius 3 is 2.48 bits per heavy atom. The molecule has 130 valence electrons. The Bertz CT molecular complexity index is 835. The van der Waals surface area contributed by atoms with E-state index in [1.54, 1.807) is 7.11 Å². The van der Waals surface area contributed by atoms with Gasteiger partial charge in [-0.15, -0.1) is 0 Å². The first-order valence-corrected chi connectivity index (χ1v) is 8.98. The summed E-state index contributed by atoms with van der Waals surface area (Å²) in [6, 6.07) is 18.0. The molecule has 1 amide bonds. The Hall–Kier alpha value is -2.11. The van der Waals surface area contributed by atoms with E-state index >= 15 is 0 Å². The van der Waals surface area contributed by atoms with Crippen LogP contribution in [-0.2, 0) is 18.3 Å². The van der Waals surface area contributed by atoms with Crippen molar-refractivity contribution >= 4 is 32.7 Å². The fraction of sp³-hybridized carbons (Fsp3) is 0.250. The molecule has 0 fully saturated rings. The Balaban J connectivity index is 1.97. The van der Waals surface area contributed by atoms with Crippen LogP contribution in [0.1, 0.15) is 16.1 Å². The first-order chi connectivity index (χ1) is 12.1. The highest BCUT2D eigenvalue weighted by atomic mass is 79.9. The van der Waals surface area contributed by atoms with Gasteiger partial charge in [-0.1, -0.05) is 48.5 Å². The number of fused-ring (bicyclic) bond motifs is 1. The van der Waals surface area contributed by atoms with Crippen molar-refractivity contribution in [3.05, 3.63) is 70.3 Å². The Kier molecular flexibility index (Phi) is 5.56. The molecule has 25 heavy (non-hydrogen) atoms. The summed E-state index contributed by atoms with van der Waals surface area (Å²) in [5.74, 6) is -0.00789. The van der Waals surface area contributed by atoms with Crippen LogP contribution in [-0.4, -0.2) is 35.6 Å². The molecular formula is C20H21BrN2O2. The lowest BCUT2D eigenvalue weighted by Crippen LogP contribution is -2.34. The highest BCUT2D eigenvalue weighted by molar-refractivity contribution is 9.10. The van der Waals surface area contributed by atoms with E-state index in [1.807, 2.05) is 71.1 Å². The molecule has 0 unspecified atom stereocenters. The van der Waals surface area contributed by atoms with Gasteiger partial charge in [0.2, 0.25) is 0 Å². The predicted molar refractivity (Wildman–Crippen MR) is 104 cm³/mol. The van der Waals surface area contributed by atoms with Crippen LogP contribution >= 0.6 is 15.9 Å². The van der Waals surface area contributed by atoms with Crippen molar-refractivity contribution in [2.75, 3.05) is 20.3 Å². The van der Waals surface area contributed by atoms with Gasteiger partial charge in [0.05, 0.1) is 11.1 Å². The zero-order valence-electron chi connectivity index (χ0n) is 14.4. The third-order valence-corrected chi connectivity index (χ3v) is 5.12. The minimum atomic E-state index is -0.00789. The molecule has 0 spiro atoms. The van der Waals surface area contributed by atoms with Crippen LogP contribution < -0.4 is 0 Å². The van der Waals surface area contributed by atoms with Crippen molar-refractivity contribution in [2.45, 2.75) is 6.54 Å². The fourth-order valence-electron chi connectivity index (χ4n) is 2.99. The minimum Gasteiger partial charge on any atom is -0.383 e. The van der Waals surface area contributed by atoms with Crippen LogP contribution in [0.25, 0.3) is 10.9 Å². The van der Waals surface area contributed by atoms with Gasteiger partial charge in [0.15, 0.2) is 0 Å². The van der Waals surface area contributed by atoms with Gasteiger partial charge in [0.1, 0.15) is 5.69 Å². The summed E-state index contributed by atoms with van der Waals surface area (Å²) in [6.07, 6.45) is 0. The highest BCUT2D eigenvalue weighted by Crippen LogP contribution is 2.31. The quantitative estimate of drug-likeness (QED) is 0.620. The maximum absolute atomic E-state index is 13.3. The number of aromatic nitrogens is 1. The lowest BCUT2D eigenvalue weighted by Gasteiger charge is -2.23. The number of ether oxygens (including phenoxy) is 1. The zero-order valence-corrected chi connectivity index (χ0v) is 16.0. The van der Waals surface area contributed by atoms with Crippen LogP contribution in [0.2, 0.25) is 0 Å². The standard InChI is InChI=1S/C20H21BrN2O2/c1-22-17-11-7-6-10-16(17)18(21)19(22)20(24)23(12-13-25-2)14-15-8-4-3-5-9-15/h3-11H,12-14H2,1-2H3. The molecule has 0 atom stereocenters. The molecule has 1 aromatic heterocycles. The van der Waals surface area contributed by atoms with Gasteiger partial charge in [0.25, 0.3) is 5.91 Å². The molecule has 3 aromatic rings. The molecule has 0 aliphatic heterocycles. The van der Waals surface area contributed by atoms with Crippen molar-refractivity contribution in [2.24, 2.45) is 7.05 Å². The Morgan fingerprint density at radius 2 is 1.80 bits per heavy atom. The molecule has 1 heterocycles. The van der Waals surface area contributed by atoms with Gasteiger partial charge >= 0.3 is 0 Å². The van der Waals surface area contributed by atoms with E-state index in [-0.39, 0.29) is 5.91 Å². The summed E-state index contributed by atoms with van der Waals surface area (Å²) in [5.41, 5.74) is 2.79. The second-order valence-corrected chi connectivity index (χ2v) is 6.74. The molecule has 0 aliphatic rings. The van der Waals surface area contributed by atoms with Gasteiger partial charge < -0.3 is 14.2 Å². The average molecular weight is 401 g/mol. The molecular weight excluding hydrogens is 380 g/mol. The third kappa shape index (κ3) is 3.62. The molecule has 0 saturated carbocycles. The molecule has 2 aromatic carbocycles. The molecule has 4 nitrogen and oxygen atoms in total. The van der Waals surface area contributed by atoms with E-state index in [2.05, 4.69) is 15.9 Å². The second kappa shape index (κ2) is 7.85. The van der Waals surface area contributed by atoms with E-state index < -0.39 is 0 Å². The van der Waals surface area contributed by atoms with E-state index in [9.17, 15) is 4.79 Å². The largest absolute Gasteiger partial charge is 0.383 e. The smallest absolute Gasteiger partial charge is 0.272 e. The highest BCUT2D eigenvalue weighted by Gasteiger charge is 2.24. The van der Waals surface area contributed by atoms with E-state index in [0.717, 1.165) is 20.9 Å². The molecule has 0 radical (unpaired) electrons. The minimum absolute atomic E-state index is 0.00789. The van der Waals surface area contributed by atoms with Gasteiger partial charge in [-0.2, -0.15) is 0 Å². The number of halogens is 1. The molecule has 0 N–H and O–H groups in total. The number of hydrogen-bond donors (Lipinski definition) is 0. The Labute approximate surface area is 156 Å². The SMILES string of the molecule is COCCN(Cc1ccccc1)C(=O)c1c(Br)c2ccccc2n1C. The summed E-state index contributed by atoms with van der Waals surface area (Å²) in [6.45, 7) is 1.59.